The molecular weight excluding hydrogens is 252 g/mol. The van der Waals surface area contributed by atoms with Crippen molar-refractivity contribution in [2.24, 2.45) is 0 Å². The number of hydrogen-bond donors (Lipinski definition) is 1. The average Bonchev–Trinajstić information content (AvgIpc) is 2.35. The second kappa shape index (κ2) is 8.07. The molecule has 0 saturated carbocycles. The van der Waals surface area contributed by atoms with Gasteiger partial charge in [0.05, 0.1) is 13.2 Å². The molecule has 0 amide bonds. The van der Waals surface area contributed by atoms with Gasteiger partial charge < -0.3 is 14.6 Å². The minimum Gasteiger partial charge on any atom is -0.478 e. The summed E-state index contributed by atoms with van der Waals surface area (Å²) >= 11 is 0. The minimum absolute atomic E-state index is 0.0476. The lowest BCUT2D eigenvalue weighted by Crippen LogP contribution is -2.13. The number of carbonyl (C=O) groups is 3. The summed E-state index contributed by atoms with van der Waals surface area (Å²) in [6.07, 6.45) is 0.337. The van der Waals surface area contributed by atoms with Gasteiger partial charge in [-0.15, -0.1) is 0 Å². The molecule has 0 heterocycles. The summed E-state index contributed by atoms with van der Waals surface area (Å²) in [5.41, 5.74) is 0.290. The molecule has 0 radical (unpaired) electrons. The standard InChI is InChI=1S/C13H18O6/c1-8(2)12(16)18-6-5-7-19-13(17)10(4)9(3)11(14)15/h1,5-7H2,2-4H3,(H,14,15)/b10-9-. The number of carboxylic acids is 1. The van der Waals surface area contributed by atoms with E-state index in [0.29, 0.717) is 12.0 Å². The summed E-state index contributed by atoms with van der Waals surface area (Å²) in [5, 5.41) is 8.69. The Kier molecular flexibility index (Phi) is 7.18. The number of ether oxygens (including phenoxy) is 2. The highest BCUT2D eigenvalue weighted by atomic mass is 16.5. The van der Waals surface area contributed by atoms with E-state index in [2.05, 4.69) is 6.58 Å². The quantitative estimate of drug-likeness (QED) is 0.428. The molecule has 0 rings (SSSR count). The van der Waals surface area contributed by atoms with Crippen LogP contribution in [0.4, 0.5) is 0 Å². The van der Waals surface area contributed by atoms with Crippen molar-refractivity contribution in [1.82, 2.24) is 0 Å². The van der Waals surface area contributed by atoms with Gasteiger partial charge in [-0.25, -0.2) is 14.4 Å². The van der Waals surface area contributed by atoms with Crippen molar-refractivity contribution in [3.63, 3.8) is 0 Å². The molecule has 0 bridgehead atoms. The van der Waals surface area contributed by atoms with Gasteiger partial charge in [0, 0.05) is 23.1 Å². The highest BCUT2D eigenvalue weighted by Crippen LogP contribution is 2.06. The summed E-state index contributed by atoms with van der Waals surface area (Å²) in [5.74, 6) is -2.35. The van der Waals surface area contributed by atoms with E-state index in [9.17, 15) is 14.4 Å². The number of esters is 2. The molecule has 0 aromatic heterocycles. The SMILES string of the molecule is C=C(C)C(=O)OCCCOC(=O)/C(C)=C(/C)C(=O)O. The van der Waals surface area contributed by atoms with E-state index in [1.54, 1.807) is 0 Å². The molecule has 0 aromatic carbocycles. The third kappa shape index (κ3) is 6.40. The Morgan fingerprint density at radius 2 is 1.42 bits per heavy atom. The third-order valence-corrected chi connectivity index (χ3v) is 2.29. The van der Waals surface area contributed by atoms with Crippen LogP contribution in [0.5, 0.6) is 0 Å². The molecule has 19 heavy (non-hydrogen) atoms. The topological polar surface area (TPSA) is 89.9 Å². The van der Waals surface area contributed by atoms with Crippen LogP contribution in [0.25, 0.3) is 0 Å². The van der Waals surface area contributed by atoms with E-state index >= 15 is 0 Å². The lowest BCUT2D eigenvalue weighted by molar-refractivity contribution is -0.142. The lowest BCUT2D eigenvalue weighted by Gasteiger charge is -2.07. The number of carboxylic acid groups (broad SMARTS) is 1. The van der Waals surface area contributed by atoms with Crippen LogP contribution in [-0.2, 0) is 23.9 Å². The van der Waals surface area contributed by atoms with Crippen molar-refractivity contribution >= 4 is 17.9 Å². The summed E-state index contributed by atoms with van der Waals surface area (Å²) in [4.78, 5) is 33.1. The molecule has 0 unspecified atom stereocenters. The molecule has 0 aromatic rings. The van der Waals surface area contributed by atoms with E-state index in [1.807, 2.05) is 0 Å². The Balaban J connectivity index is 4.00. The third-order valence-electron chi connectivity index (χ3n) is 2.29. The summed E-state index contributed by atoms with van der Waals surface area (Å²) in [6.45, 7) is 7.82. The molecular formula is C13H18O6. The number of carbonyl (C=O) groups excluding carboxylic acids is 2. The first kappa shape index (κ1) is 16.9. The molecule has 1 N–H and O–H groups in total. The first-order chi connectivity index (χ1) is 8.77. The smallest absolute Gasteiger partial charge is 0.334 e. The van der Waals surface area contributed by atoms with Crippen molar-refractivity contribution in [2.75, 3.05) is 13.2 Å². The Bertz CT molecular complexity index is 419. The van der Waals surface area contributed by atoms with Gasteiger partial charge in [-0.2, -0.15) is 0 Å². The molecule has 0 spiro atoms. The number of rotatable bonds is 7. The van der Waals surface area contributed by atoms with E-state index in [4.69, 9.17) is 14.6 Å². The van der Waals surface area contributed by atoms with Crippen molar-refractivity contribution in [3.8, 4) is 0 Å². The molecule has 0 fully saturated rings. The average molecular weight is 270 g/mol. The van der Waals surface area contributed by atoms with Gasteiger partial charge in [-0.05, 0) is 20.8 Å². The van der Waals surface area contributed by atoms with Crippen molar-refractivity contribution in [1.29, 1.82) is 0 Å². The van der Waals surface area contributed by atoms with Gasteiger partial charge in [0.25, 0.3) is 0 Å². The highest BCUT2D eigenvalue weighted by Gasteiger charge is 2.13. The lowest BCUT2D eigenvalue weighted by atomic mass is 10.1. The van der Waals surface area contributed by atoms with E-state index in [-0.39, 0.29) is 24.4 Å². The van der Waals surface area contributed by atoms with Crippen LogP contribution in [0.1, 0.15) is 27.2 Å². The zero-order valence-electron chi connectivity index (χ0n) is 11.3. The van der Waals surface area contributed by atoms with Crippen LogP contribution < -0.4 is 0 Å². The van der Waals surface area contributed by atoms with Crippen LogP contribution in [-0.4, -0.2) is 36.2 Å². The van der Waals surface area contributed by atoms with Gasteiger partial charge in [0.15, 0.2) is 0 Å². The van der Waals surface area contributed by atoms with Gasteiger partial charge in [0.2, 0.25) is 0 Å². The molecule has 0 saturated heterocycles. The fourth-order valence-electron chi connectivity index (χ4n) is 0.934. The number of aliphatic carboxylic acids is 1. The Labute approximate surface area is 111 Å². The first-order valence-electron chi connectivity index (χ1n) is 5.68. The van der Waals surface area contributed by atoms with Crippen LogP contribution in [0.2, 0.25) is 0 Å². The zero-order chi connectivity index (χ0) is 15.0. The van der Waals surface area contributed by atoms with Crippen molar-refractivity contribution in [3.05, 3.63) is 23.3 Å². The maximum Gasteiger partial charge on any atom is 0.334 e. The summed E-state index contributed by atoms with van der Waals surface area (Å²) in [7, 11) is 0. The summed E-state index contributed by atoms with van der Waals surface area (Å²) in [6, 6.07) is 0. The normalized spacial score (nSPS) is 11.3. The van der Waals surface area contributed by atoms with E-state index in [0.717, 1.165) is 0 Å². The van der Waals surface area contributed by atoms with Crippen LogP contribution >= 0.6 is 0 Å². The monoisotopic (exact) mass is 270 g/mol. The summed E-state index contributed by atoms with van der Waals surface area (Å²) < 4.78 is 9.64. The zero-order valence-corrected chi connectivity index (χ0v) is 11.3. The molecule has 6 heteroatoms. The largest absolute Gasteiger partial charge is 0.478 e. The maximum atomic E-state index is 11.4. The molecule has 0 aliphatic rings. The van der Waals surface area contributed by atoms with Gasteiger partial charge in [0.1, 0.15) is 0 Å². The second-order valence-electron chi connectivity index (χ2n) is 3.96. The van der Waals surface area contributed by atoms with Crippen LogP contribution in [0, 0.1) is 0 Å². The molecule has 106 valence electrons. The Morgan fingerprint density at radius 3 is 1.84 bits per heavy atom. The predicted molar refractivity (Wildman–Crippen MR) is 67.4 cm³/mol. The van der Waals surface area contributed by atoms with Gasteiger partial charge >= 0.3 is 17.9 Å². The minimum atomic E-state index is -1.16. The van der Waals surface area contributed by atoms with Gasteiger partial charge in [-0.3, -0.25) is 0 Å². The Morgan fingerprint density at radius 1 is 0.947 bits per heavy atom. The fourth-order valence-corrected chi connectivity index (χ4v) is 0.934. The van der Waals surface area contributed by atoms with Crippen LogP contribution in [0.3, 0.4) is 0 Å². The number of hydrogen-bond acceptors (Lipinski definition) is 5. The fraction of sp³-hybridized carbons (Fsp3) is 0.462. The highest BCUT2D eigenvalue weighted by molar-refractivity contribution is 5.98. The molecule has 0 aliphatic heterocycles. The Hall–Kier alpha value is -2.11. The van der Waals surface area contributed by atoms with Crippen molar-refractivity contribution in [2.45, 2.75) is 27.2 Å². The second-order valence-corrected chi connectivity index (χ2v) is 3.96. The van der Waals surface area contributed by atoms with E-state index < -0.39 is 17.9 Å². The van der Waals surface area contributed by atoms with Crippen LogP contribution in [0.15, 0.2) is 23.3 Å². The van der Waals surface area contributed by atoms with Crippen molar-refractivity contribution < 1.29 is 29.0 Å². The van der Waals surface area contributed by atoms with Gasteiger partial charge in [-0.1, -0.05) is 6.58 Å². The van der Waals surface area contributed by atoms with E-state index in [1.165, 1.54) is 20.8 Å². The first-order valence-corrected chi connectivity index (χ1v) is 5.68. The predicted octanol–water partition coefficient (Wildman–Crippen LogP) is 1.46. The maximum absolute atomic E-state index is 11.4. The molecule has 0 atom stereocenters. The molecule has 0 aliphatic carbocycles. The molecule has 6 nitrogen and oxygen atoms in total.